The van der Waals surface area contributed by atoms with Crippen LogP contribution >= 0.6 is 15.9 Å². The van der Waals surface area contributed by atoms with Crippen LogP contribution in [0.3, 0.4) is 0 Å². The van der Waals surface area contributed by atoms with Crippen LogP contribution in [0.4, 0.5) is 0 Å². The minimum Gasteiger partial charge on any atom is -0.271 e. The van der Waals surface area contributed by atoms with Crippen LogP contribution in [0.15, 0.2) is 59.2 Å². The SMILES string of the molecule is Cc1c(Br)cccc1C(NN)c1cccc2cccnc12. The Bertz CT molecular complexity index is 781. The van der Waals surface area contributed by atoms with Crippen LogP contribution in [0.5, 0.6) is 0 Å². The van der Waals surface area contributed by atoms with Gasteiger partial charge in [0.15, 0.2) is 0 Å². The number of nitrogens with zero attached hydrogens (tertiary/aromatic N) is 1. The molecule has 0 saturated heterocycles. The van der Waals surface area contributed by atoms with Gasteiger partial charge < -0.3 is 0 Å². The molecule has 21 heavy (non-hydrogen) atoms. The van der Waals surface area contributed by atoms with E-state index in [4.69, 9.17) is 5.84 Å². The van der Waals surface area contributed by atoms with Crippen molar-refractivity contribution in [3.63, 3.8) is 0 Å². The van der Waals surface area contributed by atoms with Crippen LogP contribution in [0, 0.1) is 6.92 Å². The third-order valence-electron chi connectivity index (χ3n) is 3.76. The molecule has 0 radical (unpaired) electrons. The number of halogens is 1. The largest absolute Gasteiger partial charge is 0.271 e. The molecule has 3 N–H and O–H groups in total. The maximum absolute atomic E-state index is 5.85. The lowest BCUT2D eigenvalue weighted by molar-refractivity contribution is 0.636. The number of aromatic nitrogens is 1. The van der Waals surface area contributed by atoms with Crippen LogP contribution < -0.4 is 11.3 Å². The molecule has 1 atom stereocenters. The Balaban J connectivity index is 2.21. The van der Waals surface area contributed by atoms with E-state index in [2.05, 4.69) is 57.5 Å². The Morgan fingerprint density at radius 1 is 1.05 bits per heavy atom. The summed E-state index contributed by atoms with van der Waals surface area (Å²) in [5, 5.41) is 1.11. The lowest BCUT2D eigenvalue weighted by Crippen LogP contribution is -2.29. The summed E-state index contributed by atoms with van der Waals surface area (Å²) in [4.78, 5) is 4.52. The first-order valence-corrected chi connectivity index (χ1v) is 7.56. The van der Waals surface area contributed by atoms with Crippen LogP contribution in [0.2, 0.25) is 0 Å². The molecule has 2 aromatic carbocycles. The quantitative estimate of drug-likeness (QED) is 0.561. The molecule has 0 aliphatic rings. The van der Waals surface area contributed by atoms with Crippen LogP contribution in [-0.4, -0.2) is 4.98 Å². The van der Waals surface area contributed by atoms with Gasteiger partial charge >= 0.3 is 0 Å². The first-order chi connectivity index (χ1) is 10.2. The van der Waals surface area contributed by atoms with E-state index in [1.165, 1.54) is 5.56 Å². The van der Waals surface area contributed by atoms with Gasteiger partial charge in [-0.15, -0.1) is 0 Å². The topological polar surface area (TPSA) is 50.9 Å². The second-order valence-corrected chi connectivity index (χ2v) is 5.83. The molecular formula is C17H16BrN3. The summed E-state index contributed by atoms with van der Waals surface area (Å²) >= 11 is 3.58. The van der Waals surface area contributed by atoms with E-state index in [1.54, 1.807) is 0 Å². The highest BCUT2D eigenvalue weighted by molar-refractivity contribution is 9.10. The summed E-state index contributed by atoms with van der Waals surface area (Å²) in [5.41, 5.74) is 7.31. The zero-order valence-corrected chi connectivity index (χ0v) is 13.3. The highest BCUT2D eigenvalue weighted by Crippen LogP contribution is 2.31. The predicted molar refractivity (Wildman–Crippen MR) is 89.8 cm³/mol. The smallest absolute Gasteiger partial charge is 0.0753 e. The number of hydrogen-bond donors (Lipinski definition) is 2. The second-order valence-electron chi connectivity index (χ2n) is 4.98. The van der Waals surface area contributed by atoms with Gasteiger partial charge in [-0.05, 0) is 30.2 Å². The first-order valence-electron chi connectivity index (χ1n) is 6.77. The number of pyridine rings is 1. The van der Waals surface area contributed by atoms with E-state index in [0.29, 0.717) is 0 Å². The highest BCUT2D eigenvalue weighted by atomic mass is 79.9. The van der Waals surface area contributed by atoms with E-state index in [-0.39, 0.29) is 6.04 Å². The van der Waals surface area contributed by atoms with Crippen molar-refractivity contribution >= 4 is 26.8 Å². The van der Waals surface area contributed by atoms with Crippen LogP contribution in [0.25, 0.3) is 10.9 Å². The molecule has 0 amide bonds. The molecular weight excluding hydrogens is 326 g/mol. The summed E-state index contributed by atoms with van der Waals surface area (Å²) in [6.07, 6.45) is 1.81. The Hall–Kier alpha value is -1.75. The van der Waals surface area contributed by atoms with Crippen molar-refractivity contribution in [1.29, 1.82) is 0 Å². The molecule has 0 saturated carbocycles. The third-order valence-corrected chi connectivity index (χ3v) is 4.62. The Labute approximate surface area is 132 Å². The number of hydrazine groups is 1. The summed E-state index contributed by atoms with van der Waals surface area (Å²) < 4.78 is 1.08. The third kappa shape index (κ3) is 2.58. The number of hydrogen-bond acceptors (Lipinski definition) is 3. The lowest BCUT2D eigenvalue weighted by Gasteiger charge is -2.21. The van der Waals surface area contributed by atoms with Crippen molar-refractivity contribution in [2.75, 3.05) is 0 Å². The van der Waals surface area contributed by atoms with E-state index in [9.17, 15) is 0 Å². The summed E-state index contributed by atoms with van der Waals surface area (Å²) in [6.45, 7) is 2.09. The molecule has 3 rings (SSSR count). The van der Waals surface area contributed by atoms with Gasteiger partial charge in [-0.3, -0.25) is 10.8 Å². The van der Waals surface area contributed by atoms with Crippen molar-refractivity contribution in [3.05, 3.63) is 75.9 Å². The zero-order chi connectivity index (χ0) is 14.8. The van der Waals surface area contributed by atoms with Gasteiger partial charge in [-0.25, -0.2) is 5.43 Å². The number of nitrogens with two attached hydrogens (primary N) is 1. The second kappa shape index (κ2) is 5.93. The number of rotatable bonds is 3. The molecule has 0 bridgehead atoms. The fourth-order valence-corrected chi connectivity index (χ4v) is 3.03. The number of para-hydroxylation sites is 1. The van der Waals surface area contributed by atoms with Crippen LogP contribution in [0.1, 0.15) is 22.7 Å². The molecule has 0 aliphatic carbocycles. The molecule has 4 heteroatoms. The first kappa shape index (κ1) is 14.2. The van der Waals surface area contributed by atoms with Crippen LogP contribution in [-0.2, 0) is 0 Å². The minimum atomic E-state index is -0.0962. The fourth-order valence-electron chi connectivity index (χ4n) is 2.64. The lowest BCUT2D eigenvalue weighted by atomic mass is 9.94. The van der Waals surface area contributed by atoms with Gasteiger partial charge in [0.05, 0.1) is 11.6 Å². The van der Waals surface area contributed by atoms with Gasteiger partial charge in [0.1, 0.15) is 0 Å². The molecule has 3 aromatic rings. The van der Waals surface area contributed by atoms with Gasteiger partial charge in [0.25, 0.3) is 0 Å². The Morgan fingerprint density at radius 2 is 1.76 bits per heavy atom. The summed E-state index contributed by atoms with van der Waals surface area (Å²) in [7, 11) is 0. The normalized spacial score (nSPS) is 12.5. The number of nitrogens with one attached hydrogen (secondary N) is 1. The Kier molecular flexibility index (Phi) is 4.01. The Morgan fingerprint density at radius 3 is 2.57 bits per heavy atom. The van der Waals surface area contributed by atoms with Crippen molar-refractivity contribution in [1.82, 2.24) is 10.4 Å². The molecule has 0 aliphatic heterocycles. The molecule has 106 valence electrons. The van der Waals surface area contributed by atoms with Gasteiger partial charge in [0, 0.05) is 21.6 Å². The van der Waals surface area contributed by atoms with Gasteiger partial charge in [-0.1, -0.05) is 52.3 Å². The maximum atomic E-state index is 5.85. The standard InChI is InChI=1S/C17H16BrN3/c1-11-13(7-3-9-15(11)18)17(21-19)14-8-2-5-12-6-4-10-20-16(12)14/h2-10,17,21H,19H2,1H3. The summed E-state index contributed by atoms with van der Waals surface area (Å²) in [5.74, 6) is 5.85. The van der Waals surface area contributed by atoms with Crippen molar-refractivity contribution in [2.24, 2.45) is 5.84 Å². The molecule has 3 nitrogen and oxygen atoms in total. The predicted octanol–water partition coefficient (Wildman–Crippen LogP) is 3.86. The fraction of sp³-hybridized carbons (Fsp3) is 0.118. The molecule has 0 spiro atoms. The van der Waals surface area contributed by atoms with Crippen molar-refractivity contribution in [2.45, 2.75) is 13.0 Å². The molecule has 1 aromatic heterocycles. The van der Waals surface area contributed by atoms with Crippen molar-refractivity contribution in [3.8, 4) is 0 Å². The highest BCUT2D eigenvalue weighted by Gasteiger charge is 2.18. The number of benzene rings is 2. The number of fused-ring (bicyclic) bond motifs is 1. The average Bonchev–Trinajstić information content (AvgIpc) is 2.52. The maximum Gasteiger partial charge on any atom is 0.0753 e. The molecule has 0 fully saturated rings. The van der Waals surface area contributed by atoms with E-state index >= 15 is 0 Å². The van der Waals surface area contributed by atoms with E-state index in [1.807, 2.05) is 30.5 Å². The van der Waals surface area contributed by atoms with Crippen molar-refractivity contribution < 1.29 is 0 Å². The zero-order valence-electron chi connectivity index (χ0n) is 11.7. The molecule has 1 heterocycles. The van der Waals surface area contributed by atoms with Gasteiger partial charge in [0.2, 0.25) is 0 Å². The van der Waals surface area contributed by atoms with E-state index < -0.39 is 0 Å². The minimum absolute atomic E-state index is 0.0962. The molecule has 1 unspecified atom stereocenters. The average molecular weight is 342 g/mol. The van der Waals surface area contributed by atoms with Gasteiger partial charge in [-0.2, -0.15) is 0 Å². The monoisotopic (exact) mass is 341 g/mol. The summed E-state index contributed by atoms with van der Waals surface area (Å²) in [6, 6.07) is 16.2. The van der Waals surface area contributed by atoms with E-state index in [0.717, 1.165) is 26.5 Å².